The van der Waals surface area contributed by atoms with E-state index in [-0.39, 0.29) is 29.3 Å². The molecule has 1 aromatic rings. The lowest BCUT2D eigenvalue weighted by Gasteiger charge is -2.46. The van der Waals surface area contributed by atoms with Gasteiger partial charge in [-0.25, -0.2) is 0 Å². The Labute approximate surface area is 187 Å². The molecule has 3 fully saturated rings. The first-order valence-corrected chi connectivity index (χ1v) is 12.4. The first-order chi connectivity index (χ1) is 14.8. The number of nitrogens with one attached hydrogen (secondary N) is 1. The van der Waals surface area contributed by atoms with Crippen LogP contribution in [0.2, 0.25) is 0 Å². The number of aryl methyl sites for hydroxylation is 1. The quantitative estimate of drug-likeness (QED) is 0.598. The lowest BCUT2D eigenvalue weighted by molar-refractivity contribution is -0.905. The van der Waals surface area contributed by atoms with Crippen molar-refractivity contribution in [2.45, 2.75) is 65.5 Å². The van der Waals surface area contributed by atoms with Gasteiger partial charge >= 0.3 is 5.97 Å². The number of anilines is 1. The molecule has 4 aliphatic rings. The third-order valence-corrected chi connectivity index (χ3v) is 8.75. The molecule has 0 bridgehead atoms. The molecule has 31 heavy (non-hydrogen) atoms. The Morgan fingerprint density at radius 1 is 1.29 bits per heavy atom. The summed E-state index contributed by atoms with van der Waals surface area (Å²) < 4.78 is 5.99. The van der Waals surface area contributed by atoms with E-state index in [1.165, 1.54) is 30.5 Å². The number of hydrogen-bond donors (Lipinski definition) is 1. The highest BCUT2D eigenvalue weighted by molar-refractivity contribution is 5.76. The first kappa shape index (κ1) is 21.1. The van der Waals surface area contributed by atoms with Gasteiger partial charge in [0.05, 0.1) is 32.2 Å². The molecule has 2 saturated heterocycles. The van der Waals surface area contributed by atoms with Crippen LogP contribution in [-0.2, 0) is 9.53 Å². The Bertz CT molecular complexity index is 880. The van der Waals surface area contributed by atoms with Gasteiger partial charge in [-0.05, 0) is 62.1 Å². The zero-order valence-corrected chi connectivity index (χ0v) is 19.7. The zero-order chi connectivity index (χ0) is 21.8. The lowest BCUT2D eigenvalue weighted by Crippen LogP contribution is -3.16. The SMILES string of the molecule is Cc1cccc(N2CC[NH+](C[C@H]3C(=O)O[C@@H]4C[C@@]5(C)CCC[C@H](C)C5=C[C@@H]43)C[C@@H]2C)c1. The number of carbonyl (C=O) groups is 1. The largest absolute Gasteiger partial charge is 0.461 e. The summed E-state index contributed by atoms with van der Waals surface area (Å²) in [6.07, 6.45) is 7.47. The van der Waals surface area contributed by atoms with E-state index in [0.717, 1.165) is 32.6 Å². The van der Waals surface area contributed by atoms with Gasteiger partial charge in [0.2, 0.25) is 0 Å². The Hall–Kier alpha value is -1.81. The fourth-order valence-electron chi connectivity index (χ4n) is 7.10. The molecule has 0 aromatic heterocycles. The van der Waals surface area contributed by atoms with Gasteiger partial charge in [-0.2, -0.15) is 0 Å². The van der Waals surface area contributed by atoms with Crippen LogP contribution >= 0.6 is 0 Å². The van der Waals surface area contributed by atoms with Crippen molar-refractivity contribution in [1.82, 2.24) is 0 Å². The van der Waals surface area contributed by atoms with Gasteiger partial charge in [0, 0.05) is 11.6 Å². The van der Waals surface area contributed by atoms with Crippen molar-refractivity contribution < 1.29 is 14.4 Å². The topological polar surface area (TPSA) is 34.0 Å². The van der Waals surface area contributed by atoms with Gasteiger partial charge in [0.1, 0.15) is 12.0 Å². The molecule has 2 heterocycles. The second kappa shape index (κ2) is 7.95. The van der Waals surface area contributed by atoms with Crippen LogP contribution in [-0.4, -0.2) is 44.3 Å². The van der Waals surface area contributed by atoms with Crippen molar-refractivity contribution in [2.75, 3.05) is 31.1 Å². The minimum absolute atomic E-state index is 0.0314. The van der Waals surface area contributed by atoms with Crippen LogP contribution in [0.3, 0.4) is 0 Å². The number of fused-ring (bicyclic) bond motifs is 2. The van der Waals surface area contributed by atoms with Gasteiger partial charge in [0.25, 0.3) is 0 Å². The number of hydrogen-bond acceptors (Lipinski definition) is 3. The average molecular weight is 424 g/mol. The summed E-state index contributed by atoms with van der Waals surface area (Å²) >= 11 is 0. The fraction of sp³-hybridized carbons (Fsp3) is 0.667. The van der Waals surface area contributed by atoms with E-state index in [2.05, 4.69) is 62.9 Å². The number of piperazine rings is 1. The first-order valence-electron chi connectivity index (χ1n) is 12.4. The molecule has 5 rings (SSSR count). The summed E-state index contributed by atoms with van der Waals surface area (Å²) in [5.41, 5.74) is 4.51. The van der Waals surface area contributed by atoms with Gasteiger partial charge in [-0.1, -0.05) is 44.1 Å². The van der Waals surface area contributed by atoms with Crippen LogP contribution in [0, 0.1) is 30.1 Å². The van der Waals surface area contributed by atoms with Crippen LogP contribution in [0.4, 0.5) is 5.69 Å². The van der Waals surface area contributed by atoms with Gasteiger partial charge in [0.15, 0.2) is 0 Å². The summed E-state index contributed by atoms with van der Waals surface area (Å²) in [6, 6.07) is 9.31. The number of benzene rings is 1. The minimum atomic E-state index is 0.0314. The second-order valence-electron chi connectivity index (χ2n) is 11.1. The number of quaternary nitrogens is 1. The van der Waals surface area contributed by atoms with E-state index in [4.69, 9.17) is 4.74 Å². The molecule has 1 saturated carbocycles. The number of rotatable bonds is 3. The molecule has 7 atom stereocenters. The number of allylic oxidation sites excluding steroid dienone is 1. The lowest BCUT2D eigenvalue weighted by atomic mass is 9.59. The highest BCUT2D eigenvalue weighted by Gasteiger charge is 2.53. The van der Waals surface area contributed by atoms with Crippen molar-refractivity contribution in [3.63, 3.8) is 0 Å². The maximum Gasteiger partial charge on any atom is 0.315 e. The third kappa shape index (κ3) is 3.82. The van der Waals surface area contributed by atoms with Gasteiger partial charge in [-0.3, -0.25) is 4.79 Å². The second-order valence-corrected chi connectivity index (χ2v) is 11.1. The maximum atomic E-state index is 12.9. The molecular weight excluding hydrogens is 384 g/mol. The van der Waals surface area contributed by atoms with E-state index < -0.39 is 0 Å². The fourth-order valence-corrected chi connectivity index (χ4v) is 7.10. The predicted octanol–water partition coefficient (Wildman–Crippen LogP) is 3.40. The molecule has 0 spiro atoms. The molecule has 2 aliphatic heterocycles. The predicted molar refractivity (Wildman–Crippen MR) is 124 cm³/mol. The van der Waals surface area contributed by atoms with E-state index in [9.17, 15) is 4.79 Å². The van der Waals surface area contributed by atoms with Gasteiger partial charge < -0.3 is 14.5 Å². The summed E-state index contributed by atoms with van der Waals surface area (Å²) in [4.78, 5) is 17.0. The smallest absolute Gasteiger partial charge is 0.315 e. The number of nitrogens with zero attached hydrogens (tertiary/aromatic N) is 1. The van der Waals surface area contributed by atoms with Crippen LogP contribution in [0.25, 0.3) is 0 Å². The Morgan fingerprint density at radius 2 is 2.13 bits per heavy atom. The molecular formula is C27H39N2O2+. The van der Waals surface area contributed by atoms with E-state index >= 15 is 0 Å². The van der Waals surface area contributed by atoms with Crippen molar-refractivity contribution >= 4 is 11.7 Å². The minimum Gasteiger partial charge on any atom is -0.461 e. The number of carbonyl (C=O) groups excluding carboxylic acids is 1. The normalized spacial score (nSPS) is 40.1. The van der Waals surface area contributed by atoms with E-state index in [1.54, 1.807) is 10.5 Å². The molecule has 0 amide bonds. The standard InChI is InChI=1S/C27H38N2O2/c1-18-7-5-9-21(13-18)29-12-11-28(16-20(29)3)17-23-22-14-24-19(2)8-6-10-27(24,4)15-25(22)31-26(23)30/h5,7,9,13-14,19-20,22-23,25H,6,8,10-12,15-17H2,1-4H3/p+1/t19-,20-,22+,23+,25+,27+/m0/s1. The third-order valence-electron chi connectivity index (χ3n) is 8.75. The van der Waals surface area contributed by atoms with Crippen molar-refractivity contribution in [1.29, 1.82) is 0 Å². The van der Waals surface area contributed by atoms with Crippen LogP contribution in [0.5, 0.6) is 0 Å². The highest BCUT2D eigenvalue weighted by atomic mass is 16.6. The Morgan fingerprint density at radius 3 is 2.90 bits per heavy atom. The summed E-state index contributed by atoms with van der Waals surface area (Å²) in [6.45, 7) is 13.4. The van der Waals surface area contributed by atoms with Crippen molar-refractivity contribution in [3.8, 4) is 0 Å². The van der Waals surface area contributed by atoms with Crippen LogP contribution in [0.1, 0.15) is 52.0 Å². The zero-order valence-electron chi connectivity index (χ0n) is 19.7. The summed E-state index contributed by atoms with van der Waals surface area (Å²) in [5.74, 6) is 1.03. The Kier molecular flexibility index (Phi) is 5.40. The molecule has 2 aliphatic carbocycles. The number of esters is 1. The monoisotopic (exact) mass is 423 g/mol. The molecule has 4 nitrogen and oxygen atoms in total. The molecule has 1 aromatic carbocycles. The van der Waals surface area contributed by atoms with E-state index in [0.29, 0.717) is 12.0 Å². The van der Waals surface area contributed by atoms with Crippen LogP contribution < -0.4 is 9.80 Å². The average Bonchev–Trinajstić information content (AvgIpc) is 3.00. The molecule has 1 N–H and O–H groups in total. The Balaban J connectivity index is 1.29. The van der Waals surface area contributed by atoms with E-state index in [1.807, 2.05) is 0 Å². The molecule has 168 valence electrons. The van der Waals surface area contributed by atoms with Gasteiger partial charge in [-0.15, -0.1) is 0 Å². The molecule has 0 radical (unpaired) electrons. The van der Waals surface area contributed by atoms with Crippen molar-refractivity contribution in [2.24, 2.45) is 23.2 Å². The summed E-state index contributed by atoms with van der Waals surface area (Å²) in [7, 11) is 0. The highest BCUT2D eigenvalue weighted by Crippen LogP contribution is 2.53. The molecule has 4 heteroatoms. The van der Waals surface area contributed by atoms with Crippen LogP contribution in [0.15, 0.2) is 35.9 Å². The molecule has 1 unspecified atom stereocenters. The van der Waals surface area contributed by atoms with Crippen molar-refractivity contribution in [3.05, 3.63) is 41.5 Å². The maximum absolute atomic E-state index is 12.9. The summed E-state index contributed by atoms with van der Waals surface area (Å²) in [5, 5.41) is 0. The number of ether oxygens (including phenoxy) is 1.